The number of hydrogen-bond acceptors (Lipinski definition) is 5. The fourth-order valence-corrected chi connectivity index (χ4v) is 3.45. The molecule has 30 heavy (non-hydrogen) atoms. The highest BCUT2D eigenvalue weighted by Gasteiger charge is 2.28. The lowest BCUT2D eigenvalue weighted by Gasteiger charge is -2.31. The first-order valence-electron chi connectivity index (χ1n) is 9.95. The molecule has 1 aliphatic heterocycles. The van der Waals surface area contributed by atoms with E-state index in [4.69, 9.17) is 9.26 Å². The minimum atomic E-state index is -0.443. The minimum Gasteiger partial charge on any atom is -0.481 e. The average Bonchev–Trinajstić information content (AvgIpc) is 3.27. The van der Waals surface area contributed by atoms with E-state index in [2.05, 4.69) is 15.5 Å². The third-order valence-electron chi connectivity index (χ3n) is 5.03. The Balaban J connectivity index is 1.31. The molecule has 2 heterocycles. The average molecular weight is 410 g/mol. The normalized spacial score (nSPS) is 16.3. The number of para-hydroxylation sites is 1. The molecule has 2 aromatic carbocycles. The molecule has 1 atom stereocenters. The number of piperidine rings is 1. The van der Waals surface area contributed by atoms with E-state index in [1.165, 1.54) is 6.07 Å². The number of urea groups is 1. The van der Waals surface area contributed by atoms with Gasteiger partial charge in [-0.2, -0.15) is 4.98 Å². The van der Waals surface area contributed by atoms with Gasteiger partial charge in [0.25, 0.3) is 5.89 Å². The second-order valence-electron chi connectivity index (χ2n) is 7.19. The lowest BCUT2D eigenvalue weighted by Crippen LogP contribution is -2.44. The van der Waals surface area contributed by atoms with Gasteiger partial charge in [0.05, 0.1) is 0 Å². The number of carbonyl (C=O) groups excluding carboxylic acids is 1. The van der Waals surface area contributed by atoms with Crippen LogP contribution in [0.5, 0.6) is 5.75 Å². The van der Waals surface area contributed by atoms with E-state index in [9.17, 15) is 9.18 Å². The van der Waals surface area contributed by atoms with Crippen LogP contribution in [0.3, 0.4) is 0 Å². The van der Waals surface area contributed by atoms with E-state index >= 15 is 0 Å². The molecule has 2 amide bonds. The summed E-state index contributed by atoms with van der Waals surface area (Å²) in [5.74, 6) is 0.506. The molecule has 0 bridgehead atoms. The summed E-state index contributed by atoms with van der Waals surface area (Å²) in [6, 6.07) is 15.8. The van der Waals surface area contributed by atoms with Crippen LogP contribution in [0.2, 0.25) is 0 Å². The number of nitrogens with one attached hydrogen (secondary N) is 1. The van der Waals surface area contributed by atoms with Crippen molar-refractivity contribution < 1.29 is 18.4 Å². The van der Waals surface area contributed by atoms with Crippen molar-refractivity contribution in [2.75, 3.05) is 13.1 Å². The Morgan fingerprint density at radius 1 is 1.20 bits per heavy atom. The van der Waals surface area contributed by atoms with Gasteiger partial charge in [-0.1, -0.05) is 47.6 Å². The van der Waals surface area contributed by atoms with E-state index < -0.39 is 5.82 Å². The molecule has 156 valence electrons. The van der Waals surface area contributed by atoms with Crippen LogP contribution in [-0.4, -0.2) is 34.2 Å². The van der Waals surface area contributed by atoms with Gasteiger partial charge in [0.2, 0.25) is 0 Å². The van der Waals surface area contributed by atoms with E-state index in [1.807, 2.05) is 30.3 Å². The molecule has 1 aliphatic rings. The third-order valence-corrected chi connectivity index (χ3v) is 5.03. The van der Waals surface area contributed by atoms with Crippen LogP contribution >= 0.6 is 0 Å². The number of hydrogen-bond donors (Lipinski definition) is 1. The maximum Gasteiger partial charge on any atom is 0.317 e. The second-order valence-corrected chi connectivity index (χ2v) is 7.19. The van der Waals surface area contributed by atoms with Crippen LogP contribution in [0.15, 0.2) is 59.1 Å². The van der Waals surface area contributed by atoms with E-state index in [1.54, 1.807) is 23.1 Å². The molecule has 1 saturated heterocycles. The van der Waals surface area contributed by atoms with Crippen LogP contribution in [0.25, 0.3) is 0 Å². The Bertz CT molecular complexity index is 979. The minimum absolute atomic E-state index is 0.00723. The van der Waals surface area contributed by atoms with Crippen molar-refractivity contribution in [1.29, 1.82) is 0 Å². The Hall–Kier alpha value is -3.42. The van der Waals surface area contributed by atoms with E-state index in [-0.39, 0.29) is 30.2 Å². The molecule has 4 rings (SSSR count). The van der Waals surface area contributed by atoms with Crippen molar-refractivity contribution in [1.82, 2.24) is 20.4 Å². The monoisotopic (exact) mass is 410 g/mol. The lowest BCUT2D eigenvalue weighted by molar-refractivity contribution is 0.177. The third kappa shape index (κ3) is 4.94. The largest absolute Gasteiger partial charge is 0.481 e. The first kappa shape index (κ1) is 19.9. The van der Waals surface area contributed by atoms with Crippen molar-refractivity contribution in [3.05, 3.63) is 77.7 Å². The molecular weight excluding hydrogens is 387 g/mol. The van der Waals surface area contributed by atoms with Crippen molar-refractivity contribution in [3.8, 4) is 5.75 Å². The predicted octanol–water partition coefficient (Wildman–Crippen LogP) is 3.88. The van der Waals surface area contributed by atoms with Gasteiger partial charge < -0.3 is 19.5 Å². The van der Waals surface area contributed by atoms with Crippen LogP contribution in [-0.2, 0) is 13.2 Å². The van der Waals surface area contributed by atoms with Gasteiger partial charge in [-0.3, -0.25) is 0 Å². The number of benzene rings is 2. The summed E-state index contributed by atoms with van der Waals surface area (Å²) in [6.07, 6.45) is 1.73. The van der Waals surface area contributed by atoms with Crippen molar-refractivity contribution in [2.45, 2.75) is 31.9 Å². The first-order valence-corrected chi connectivity index (χ1v) is 9.95. The molecule has 0 saturated carbocycles. The molecule has 0 radical (unpaired) electrons. The van der Waals surface area contributed by atoms with E-state index in [0.29, 0.717) is 25.5 Å². The number of rotatable bonds is 6. The summed E-state index contributed by atoms with van der Waals surface area (Å²) < 4.78 is 24.3. The highest BCUT2D eigenvalue weighted by molar-refractivity contribution is 5.74. The first-order chi connectivity index (χ1) is 14.7. The summed E-state index contributed by atoms with van der Waals surface area (Å²) in [5.41, 5.74) is 1.05. The quantitative estimate of drug-likeness (QED) is 0.667. The SMILES string of the molecule is O=C(NCc1ccccc1)N1CCCC(c2noc(COc3ccccc3F)n2)C1. The molecule has 1 fully saturated rings. The number of carbonyl (C=O) groups is 1. The fourth-order valence-electron chi connectivity index (χ4n) is 3.45. The number of aromatic nitrogens is 2. The molecule has 1 N–H and O–H groups in total. The number of ether oxygens (including phenoxy) is 1. The Labute approximate surface area is 173 Å². The molecule has 3 aromatic rings. The zero-order valence-electron chi connectivity index (χ0n) is 16.5. The summed E-state index contributed by atoms with van der Waals surface area (Å²) in [5, 5.41) is 7.00. The van der Waals surface area contributed by atoms with Gasteiger partial charge >= 0.3 is 6.03 Å². The van der Waals surface area contributed by atoms with E-state index in [0.717, 1.165) is 18.4 Å². The van der Waals surface area contributed by atoms with Crippen LogP contribution in [0.1, 0.15) is 36.0 Å². The highest BCUT2D eigenvalue weighted by Crippen LogP contribution is 2.25. The number of likely N-dealkylation sites (tertiary alicyclic amines) is 1. The molecular formula is C22H23FN4O3. The Kier molecular flexibility index (Phi) is 6.22. The molecule has 7 nitrogen and oxygen atoms in total. The summed E-state index contributed by atoms with van der Waals surface area (Å²) in [7, 11) is 0. The Morgan fingerprint density at radius 2 is 2.00 bits per heavy atom. The molecule has 8 heteroatoms. The topological polar surface area (TPSA) is 80.5 Å². The highest BCUT2D eigenvalue weighted by atomic mass is 19.1. The van der Waals surface area contributed by atoms with Gasteiger partial charge in [0, 0.05) is 25.6 Å². The number of halogens is 1. The van der Waals surface area contributed by atoms with Crippen molar-refractivity contribution in [3.63, 3.8) is 0 Å². The maximum absolute atomic E-state index is 13.6. The molecule has 0 aliphatic carbocycles. The van der Waals surface area contributed by atoms with Gasteiger partial charge in [0.15, 0.2) is 24.0 Å². The van der Waals surface area contributed by atoms with Gasteiger partial charge in [-0.25, -0.2) is 9.18 Å². The summed E-state index contributed by atoms with van der Waals surface area (Å²) >= 11 is 0. The van der Waals surface area contributed by atoms with Gasteiger partial charge in [-0.15, -0.1) is 0 Å². The van der Waals surface area contributed by atoms with Crippen LogP contribution in [0.4, 0.5) is 9.18 Å². The van der Waals surface area contributed by atoms with Crippen molar-refractivity contribution >= 4 is 6.03 Å². The predicted molar refractivity (Wildman–Crippen MR) is 107 cm³/mol. The number of nitrogens with zero attached hydrogens (tertiary/aromatic N) is 3. The fraction of sp³-hybridized carbons (Fsp3) is 0.318. The van der Waals surface area contributed by atoms with Crippen molar-refractivity contribution in [2.24, 2.45) is 0 Å². The smallest absolute Gasteiger partial charge is 0.317 e. The van der Waals surface area contributed by atoms with Gasteiger partial charge in [-0.05, 0) is 30.5 Å². The lowest BCUT2D eigenvalue weighted by atomic mass is 9.98. The summed E-state index contributed by atoms with van der Waals surface area (Å²) in [4.78, 5) is 18.7. The second kappa shape index (κ2) is 9.39. The molecule has 1 unspecified atom stereocenters. The van der Waals surface area contributed by atoms with Crippen LogP contribution < -0.4 is 10.1 Å². The van der Waals surface area contributed by atoms with Gasteiger partial charge in [0.1, 0.15) is 0 Å². The summed E-state index contributed by atoms with van der Waals surface area (Å²) in [6.45, 7) is 1.69. The van der Waals surface area contributed by atoms with Crippen LogP contribution in [0, 0.1) is 5.82 Å². The number of amides is 2. The molecule has 1 aromatic heterocycles. The molecule has 0 spiro atoms. The zero-order valence-corrected chi connectivity index (χ0v) is 16.5. The maximum atomic E-state index is 13.6. The zero-order chi connectivity index (χ0) is 20.8. The Morgan fingerprint density at radius 3 is 2.83 bits per heavy atom. The standard InChI is InChI=1S/C22H23FN4O3/c23-18-10-4-5-11-19(18)29-15-20-25-21(26-30-20)17-9-6-12-27(14-17)22(28)24-13-16-7-2-1-3-8-16/h1-5,7-8,10-11,17H,6,9,12-15H2,(H,24,28).